The summed E-state index contributed by atoms with van der Waals surface area (Å²) >= 11 is 0. The second-order valence-electron chi connectivity index (χ2n) is 4.40. The third-order valence-corrected chi connectivity index (χ3v) is 3.27. The Morgan fingerprint density at radius 3 is 3.00 bits per heavy atom. The van der Waals surface area contributed by atoms with Crippen molar-refractivity contribution in [3.63, 3.8) is 0 Å². The van der Waals surface area contributed by atoms with Gasteiger partial charge in [-0.05, 0) is 37.8 Å². The van der Waals surface area contributed by atoms with Crippen molar-refractivity contribution in [1.29, 1.82) is 0 Å². The minimum absolute atomic E-state index is 0.378. The molecule has 0 aliphatic heterocycles. The minimum Gasteiger partial charge on any atom is -0.396 e. The number of aryl methyl sites for hydroxylation is 1. The highest BCUT2D eigenvalue weighted by atomic mass is 16.5. The van der Waals surface area contributed by atoms with Crippen LogP contribution in [-0.2, 0) is 4.74 Å². The summed E-state index contributed by atoms with van der Waals surface area (Å²) in [7, 11) is 1.77. The number of aromatic nitrogens is 1. The van der Waals surface area contributed by atoms with Crippen LogP contribution in [0.25, 0.3) is 0 Å². The Labute approximate surface area is 96.2 Å². The first-order valence-electron chi connectivity index (χ1n) is 5.71. The zero-order valence-corrected chi connectivity index (χ0v) is 9.86. The number of hydrogen-bond donors (Lipinski definition) is 2. The third kappa shape index (κ3) is 2.27. The Morgan fingerprint density at radius 2 is 2.31 bits per heavy atom. The largest absolute Gasteiger partial charge is 0.396 e. The lowest BCUT2D eigenvalue weighted by molar-refractivity contribution is 0.108. The summed E-state index contributed by atoms with van der Waals surface area (Å²) in [6, 6.07) is 2.36. The number of pyridine rings is 1. The Morgan fingerprint density at radius 1 is 1.50 bits per heavy atom. The minimum atomic E-state index is 0.378. The van der Waals surface area contributed by atoms with E-state index in [4.69, 9.17) is 10.5 Å². The zero-order chi connectivity index (χ0) is 11.5. The molecule has 1 heterocycles. The van der Waals surface area contributed by atoms with E-state index >= 15 is 0 Å². The highest BCUT2D eigenvalue weighted by Crippen LogP contribution is 2.27. The number of hydrogen-bond acceptors (Lipinski definition) is 4. The summed E-state index contributed by atoms with van der Waals surface area (Å²) in [6.07, 6.45) is 5.43. The SMILES string of the molecule is COC1CCC(Nc2nccc(C)c2N)C1. The van der Waals surface area contributed by atoms with Crippen molar-refractivity contribution in [1.82, 2.24) is 4.98 Å². The highest BCUT2D eigenvalue weighted by molar-refractivity contribution is 5.65. The molecule has 2 unspecified atom stereocenters. The summed E-state index contributed by atoms with van der Waals surface area (Å²) in [5, 5.41) is 3.40. The van der Waals surface area contributed by atoms with Crippen molar-refractivity contribution in [2.45, 2.75) is 38.3 Å². The van der Waals surface area contributed by atoms with Crippen molar-refractivity contribution in [2.24, 2.45) is 0 Å². The van der Waals surface area contributed by atoms with Crippen molar-refractivity contribution < 1.29 is 4.74 Å². The van der Waals surface area contributed by atoms with Gasteiger partial charge in [-0.25, -0.2) is 4.98 Å². The second kappa shape index (κ2) is 4.70. The molecule has 0 spiro atoms. The number of nitrogens with two attached hydrogens (primary N) is 1. The first-order chi connectivity index (χ1) is 7.70. The number of methoxy groups -OCH3 is 1. The fraction of sp³-hybridized carbons (Fsp3) is 0.583. The van der Waals surface area contributed by atoms with E-state index in [9.17, 15) is 0 Å². The molecule has 1 aromatic rings. The van der Waals surface area contributed by atoms with Gasteiger partial charge in [0.2, 0.25) is 0 Å². The maximum absolute atomic E-state index is 5.97. The van der Waals surface area contributed by atoms with E-state index in [1.54, 1.807) is 13.3 Å². The molecule has 0 saturated heterocycles. The average Bonchev–Trinajstić information content (AvgIpc) is 2.73. The van der Waals surface area contributed by atoms with Crippen LogP contribution in [0.5, 0.6) is 0 Å². The van der Waals surface area contributed by atoms with Crippen LogP contribution in [0.15, 0.2) is 12.3 Å². The van der Waals surface area contributed by atoms with E-state index in [0.29, 0.717) is 12.1 Å². The Kier molecular flexibility index (Phi) is 3.29. The third-order valence-electron chi connectivity index (χ3n) is 3.27. The van der Waals surface area contributed by atoms with Gasteiger partial charge in [-0.2, -0.15) is 0 Å². The predicted molar refractivity (Wildman–Crippen MR) is 65.4 cm³/mol. The second-order valence-corrected chi connectivity index (χ2v) is 4.40. The molecule has 2 atom stereocenters. The number of nitrogens with zero attached hydrogens (tertiary/aromatic N) is 1. The summed E-state index contributed by atoms with van der Waals surface area (Å²) in [5.74, 6) is 0.807. The van der Waals surface area contributed by atoms with Gasteiger partial charge < -0.3 is 15.8 Å². The smallest absolute Gasteiger partial charge is 0.149 e. The van der Waals surface area contributed by atoms with E-state index in [0.717, 1.165) is 36.3 Å². The van der Waals surface area contributed by atoms with Crippen LogP contribution in [0, 0.1) is 6.92 Å². The summed E-state index contributed by atoms with van der Waals surface area (Å²) < 4.78 is 5.34. The zero-order valence-electron chi connectivity index (χ0n) is 9.86. The quantitative estimate of drug-likeness (QED) is 0.819. The van der Waals surface area contributed by atoms with Gasteiger partial charge in [0, 0.05) is 19.3 Å². The van der Waals surface area contributed by atoms with Crippen LogP contribution in [0.4, 0.5) is 11.5 Å². The lowest BCUT2D eigenvalue weighted by atomic mass is 10.2. The highest BCUT2D eigenvalue weighted by Gasteiger charge is 2.24. The van der Waals surface area contributed by atoms with Gasteiger partial charge in [-0.1, -0.05) is 0 Å². The van der Waals surface area contributed by atoms with Crippen LogP contribution in [0.2, 0.25) is 0 Å². The van der Waals surface area contributed by atoms with Gasteiger partial charge >= 0.3 is 0 Å². The first kappa shape index (κ1) is 11.2. The number of nitrogen functional groups attached to an aromatic ring is 1. The van der Waals surface area contributed by atoms with Crippen LogP contribution in [0.1, 0.15) is 24.8 Å². The molecule has 1 fully saturated rings. The van der Waals surface area contributed by atoms with Crippen LogP contribution >= 0.6 is 0 Å². The van der Waals surface area contributed by atoms with Crippen molar-refractivity contribution in [3.05, 3.63) is 17.8 Å². The summed E-state index contributed by atoms with van der Waals surface area (Å²) in [4.78, 5) is 4.28. The van der Waals surface area contributed by atoms with Crippen molar-refractivity contribution >= 4 is 11.5 Å². The molecule has 4 heteroatoms. The lowest BCUT2D eigenvalue weighted by Crippen LogP contribution is -2.19. The molecular formula is C12H19N3O. The lowest BCUT2D eigenvalue weighted by Gasteiger charge is -2.15. The maximum Gasteiger partial charge on any atom is 0.149 e. The van der Waals surface area contributed by atoms with Crippen molar-refractivity contribution in [2.75, 3.05) is 18.2 Å². The molecule has 3 N–H and O–H groups in total. The fourth-order valence-corrected chi connectivity index (χ4v) is 2.16. The van der Waals surface area contributed by atoms with Crippen LogP contribution in [-0.4, -0.2) is 24.2 Å². The van der Waals surface area contributed by atoms with Crippen molar-refractivity contribution in [3.8, 4) is 0 Å². The van der Waals surface area contributed by atoms with E-state index < -0.39 is 0 Å². The first-order valence-corrected chi connectivity index (χ1v) is 5.71. The molecule has 1 saturated carbocycles. The van der Waals surface area contributed by atoms with E-state index in [2.05, 4.69) is 10.3 Å². The van der Waals surface area contributed by atoms with Crippen LogP contribution < -0.4 is 11.1 Å². The monoisotopic (exact) mass is 221 g/mol. The Bertz CT molecular complexity index is 367. The molecule has 0 radical (unpaired) electrons. The predicted octanol–water partition coefficient (Wildman–Crippen LogP) is 1.95. The Balaban J connectivity index is 2.02. The summed E-state index contributed by atoms with van der Waals surface area (Å²) in [5.41, 5.74) is 7.79. The Hall–Kier alpha value is -1.29. The summed E-state index contributed by atoms with van der Waals surface area (Å²) in [6.45, 7) is 1.99. The molecule has 1 aromatic heterocycles. The average molecular weight is 221 g/mol. The number of rotatable bonds is 3. The molecule has 0 amide bonds. The molecule has 16 heavy (non-hydrogen) atoms. The fourth-order valence-electron chi connectivity index (χ4n) is 2.16. The van der Waals surface area contributed by atoms with Gasteiger partial charge in [0.1, 0.15) is 5.82 Å². The van der Waals surface area contributed by atoms with E-state index in [1.165, 1.54) is 0 Å². The number of ether oxygens (including phenoxy) is 1. The molecule has 0 aromatic carbocycles. The van der Waals surface area contributed by atoms with Gasteiger partial charge in [-0.15, -0.1) is 0 Å². The van der Waals surface area contributed by atoms with E-state index in [-0.39, 0.29) is 0 Å². The molecule has 1 aliphatic rings. The van der Waals surface area contributed by atoms with Gasteiger partial charge in [-0.3, -0.25) is 0 Å². The van der Waals surface area contributed by atoms with E-state index in [1.807, 2.05) is 13.0 Å². The molecule has 1 aliphatic carbocycles. The van der Waals surface area contributed by atoms with Gasteiger partial charge in [0.05, 0.1) is 11.8 Å². The molecule has 4 nitrogen and oxygen atoms in total. The molecule has 0 bridgehead atoms. The number of nitrogens with one attached hydrogen (secondary N) is 1. The van der Waals surface area contributed by atoms with Gasteiger partial charge in [0.15, 0.2) is 0 Å². The maximum atomic E-state index is 5.97. The normalized spacial score (nSPS) is 24.6. The van der Waals surface area contributed by atoms with Crippen LogP contribution in [0.3, 0.4) is 0 Å². The standard InChI is InChI=1S/C12H19N3O/c1-8-5-6-14-12(11(8)13)15-9-3-4-10(7-9)16-2/h5-6,9-10H,3-4,7,13H2,1-2H3,(H,14,15). The number of anilines is 2. The van der Waals surface area contributed by atoms with Gasteiger partial charge in [0.25, 0.3) is 0 Å². The molecule has 2 rings (SSSR count). The molecule has 88 valence electrons. The molecular weight excluding hydrogens is 202 g/mol. The topological polar surface area (TPSA) is 60.2 Å².